The van der Waals surface area contributed by atoms with Crippen molar-refractivity contribution in [3.63, 3.8) is 0 Å². The molecular weight excluding hydrogens is 614 g/mol. The van der Waals surface area contributed by atoms with Gasteiger partial charge in [0.05, 0.1) is 18.2 Å². The van der Waals surface area contributed by atoms with Crippen LogP contribution in [0.5, 0.6) is 5.75 Å². The highest BCUT2D eigenvalue weighted by Crippen LogP contribution is 2.34. The Bertz CT molecular complexity index is 1570. The molecule has 0 saturated carbocycles. The van der Waals surface area contributed by atoms with E-state index in [4.69, 9.17) is 9.47 Å². The first-order valence-electron chi connectivity index (χ1n) is 15.3. The summed E-state index contributed by atoms with van der Waals surface area (Å²) in [6.07, 6.45) is 0.849. The van der Waals surface area contributed by atoms with Crippen molar-refractivity contribution in [1.82, 2.24) is 25.0 Å². The summed E-state index contributed by atoms with van der Waals surface area (Å²) in [5, 5.41) is 14.6. The Kier molecular flexibility index (Phi) is 10.7. The maximum absolute atomic E-state index is 13.5. The summed E-state index contributed by atoms with van der Waals surface area (Å²) < 4.78 is 11.1. The number of likely N-dealkylation sites (tertiary alicyclic amines) is 1. The molecule has 0 spiro atoms. The van der Waals surface area contributed by atoms with E-state index in [-0.39, 0.29) is 69.9 Å². The van der Waals surface area contributed by atoms with Gasteiger partial charge in [0.1, 0.15) is 17.5 Å². The van der Waals surface area contributed by atoms with Crippen LogP contribution in [0.1, 0.15) is 54.0 Å². The van der Waals surface area contributed by atoms with Crippen LogP contribution < -0.4 is 10.1 Å². The summed E-state index contributed by atoms with van der Waals surface area (Å²) in [6.45, 7) is 3.28. The van der Waals surface area contributed by atoms with Crippen molar-refractivity contribution < 1.29 is 38.6 Å². The molecule has 244 valence electrons. The van der Waals surface area contributed by atoms with Crippen molar-refractivity contribution in [2.45, 2.75) is 44.7 Å². The Labute approximate surface area is 270 Å². The molecule has 4 amide bonds. The minimum atomic E-state index is -1.14. The van der Waals surface area contributed by atoms with Crippen molar-refractivity contribution >= 4 is 52.0 Å². The molecule has 2 saturated heterocycles. The second kappa shape index (κ2) is 15.0. The lowest BCUT2D eigenvalue weighted by atomic mass is 10.1. The zero-order valence-electron chi connectivity index (χ0n) is 25.6. The predicted molar refractivity (Wildman–Crippen MR) is 169 cm³/mol. The highest BCUT2D eigenvalue weighted by atomic mass is 32.1. The molecule has 0 radical (unpaired) electrons. The molecule has 14 heteroatoms. The molecule has 4 heterocycles. The Morgan fingerprint density at radius 2 is 1.80 bits per heavy atom. The normalized spacial score (nSPS) is 17.1. The topological polar surface area (TPSA) is 159 Å². The highest BCUT2D eigenvalue weighted by molar-refractivity contribution is 7.10. The number of nitrogens with zero attached hydrogens (tertiary/aromatic N) is 4. The first-order valence-corrected chi connectivity index (χ1v) is 16.2. The molecule has 0 bridgehead atoms. The summed E-state index contributed by atoms with van der Waals surface area (Å²) in [5.74, 6) is -2.12. The lowest BCUT2D eigenvalue weighted by Crippen LogP contribution is -2.56. The number of carboxylic acids is 1. The van der Waals surface area contributed by atoms with Crippen LogP contribution in [0.3, 0.4) is 0 Å². The fraction of sp³-hybridized carbons (Fsp3) is 0.438. The van der Waals surface area contributed by atoms with Gasteiger partial charge >= 0.3 is 12.1 Å². The van der Waals surface area contributed by atoms with E-state index >= 15 is 0 Å². The van der Waals surface area contributed by atoms with Gasteiger partial charge in [0.2, 0.25) is 5.91 Å². The van der Waals surface area contributed by atoms with Gasteiger partial charge < -0.3 is 34.6 Å². The summed E-state index contributed by atoms with van der Waals surface area (Å²) in [7, 11) is 0. The molecule has 2 atom stereocenters. The number of hydrogen-bond donors (Lipinski definition) is 2. The lowest BCUT2D eigenvalue weighted by molar-refractivity contribution is -0.138. The van der Waals surface area contributed by atoms with Gasteiger partial charge in [-0.2, -0.15) is 0 Å². The van der Waals surface area contributed by atoms with Gasteiger partial charge in [0, 0.05) is 55.5 Å². The van der Waals surface area contributed by atoms with Crippen LogP contribution in [0.2, 0.25) is 0 Å². The number of pyridine rings is 1. The molecule has 2 aromatic heterocycles. The van der Waals surface area contributed by atoms with E-state index in [0.717, 1.165) is 17.7 Å². The Morgan fingerprint density at radius 1 is 1.04 bits per heavy atom. The minimum absolute atomic E-state index is 0.0139. The van der Waals surface area contributed by atoms with Crippen molar-refractivity contribution in [3.05, 3.63) is 58.4 Å². The number of hydrogen-bond acceptors (Lipinski definition) is 9. The SMILES string of the molecule is CCOC(=O)N1CCN(C(=O)[C@H](CCC(=O)O)NC(=O)c2cc(OCC(=O)N3CCCC3c3cccs3)c3ccccc3n2)CC1. The van der Waals surface area contributed by atoms with Crippen molar-refractivity contribution in [2.24, 2.45) is 0 Å². The average molecular weight is 652 g/mol. The van der Waals surface area contributed by atoms with Crippen LogP contribution in [-0.4, -0.2) is 107 Å². The van der Waals surface area contributed by atoms with E-state index in [9.17, 15) is 29.1 Å². The number of ether oxygens (including phenoxy) is 2. The summed E-state index contributed by atoms with van der Waals surface area (Å²) in [6, 6.07) is 11.4. The van der Waals surface area contributed by atoms with Crippen LogP contribution in [-0.2, 0) is 19.1 Å². The van der Waals surface area contributed by atoms with Gasteiger partial charge in [-0.25, -0.2) is 9.78 Å². The third-order valence-corrected chi connectivity index (χ3v) is 9.05. The fourth-order valence-electron chi connectivity index (χ4n) is 5.75. The largest absolute Gasteiger partial charge is 0.483 e. The highest BCUT2D eigenvalue weighted by Gasteiger charge is 2.33. The summed E-state index contributed by atoms with van der Waals surface area (Å²) >= 11 is 1.62. The maximum atomic E-state index is 13.5. The third kappa shape index (κ3) is 7.73. The number of fused-ring (bicyclic) bond motifs is 1. The van der Waals surface area contributed by atoms with E-state index < -0.39 is 29.9 Å². The van der Waals surface area contributed by atoms with Crippen molar-refractivity contribution in [3.8, 4) is 5.75 Å². The number of piperazine rings is 1. The number of nitrogens with one attached hydrogen (secondary N) is 1. The van der Waals surface area contributed by atoms with Crippen LogP contribution in [0.15, 0.2) is 47.8 Å². The van der Waals surface area contributed by atoms with E-state index in [0.29, 0.717) is 23.2 Å². The number of thiophene rings is 1. The van der Waals surface area contributed by atoms with Gasteiger partial charge in [0.15, 0.2) is 6.61 Å². The Hall–Kier alpha value is -4.72. The maximum Gasteiger partial charge on any atom is 0.409 e. The van der Waals surface area contributed by atoms with Crippen LogP contribution >= 0.6 is 11.3 Å². The van der Waals surface area contributed by atoms with Gasteiger partial charge in [-0.3, -0.25) is 19.2 Å². The lowest BCUT2D eigenvalue weighted by Gasteiger charge is -2.35. The van der Waals surface area contributed by atoms with Gasteiger partial charge in [0.25, 0.3) is 11.8 Å². The Balaban J connectivity index is 1.29. The zero-order chi connectivity index (χ0) is 32.6. The van der Waals surface area contributed by atoms with Crippen molar-refractivity contribution in [2.75, 3.05) is 45.9 Å². The molecule has 2 aliphatic heterocycles. The average Bonchev–Trinajstić information content (AvgIpc) is 3.78. The van der Waals surface area contributed by atoms with Crippen LogP contribution in [0.25, 0.3) is 10.9 Å². The number of aliphatic carboxylic acids is 1. The van der Waals surface area contributed by atoms with E-state index in [1.807, 2.05) is 22.4 Å². The Morgan fingerprint density at radius 3 is 2.52 bits per heavy atom. The van der Waals surface area contributed by atoms with Crippen LogP contribution in [0.4, 0.5) is 4.79 Å². The monoisotopic (exact) mass is 651 g/mol. The fourth-order valence-corrected chi connectivity index (χ4v) is 6.62. The molecule has 13 nitrogen and oxygen atoms in total. The molecule has 46 heavy (non-hydrogen) atoms. The number of carbonyl (C=O) groups excluding carboxylic acids is 4. The van der Waals surface area contributed by atoms with Gasteiger partial charge in [-0.1, -0.05) is 18.2 Å². The van der Waals surface area contributed by atoms with Gasteiger partial charge in [-0.15, -0.1) is 11.3 Å². The third-order valence-electron chi connectivity index (χ3n) is 8.07. The zero-order valence-corrected chi connectivity index (χ0v) is 26.4. The molecule has 5 rings (SSSR count). The second-order valence-electron chi connectivity index (χ2n) is 11.0. The van der Waals surface area contributed by atoms with Crippen LogP contribution in [0, 0.1) is 0 Å². The quantitative estimate of drug-likeness (QED) is 0.317. The number of benzene rings is 1. The number of para-hydroxylation sites is 1. The molecule has 0 aliphatic carbocycles. The predicted octanol–water partition coefficient (Wildman–Crippen LogP) is 3.30. The van der Waals surface area contributed by atoms with Crippen molar-refractivity contribution in [1.29, 1.82) is 0 Å². The first-order chi connectivity index (χ1) is 22.2. The van der Waals surface area contributed by atoms with E-state index in [2.05, 4.69) is 10.3 Å². The number of carbonyl (C=O) groups is 5. The summed E-state index contributed by atoms with van der Waals surface area (Å²) in [4.78, 5) is 74.1. The molecule has 1 unspecified atom stereocenters. The standard InChI is InChI=1S/C32H37N5O8S/c1-2-44-32(43)36-16-14-35(15-17-36)31(42)23(11-12-29(39)40)34-30(41)24-19-26(21-7-3-4-8-22(21)33-24)45-20-28(38)37-13-5-9-25(37)27-10-6-18-46-27/h3-4,6-8,10,18-19,23,25H,2,5,9,11-17,20H2,1H3,(H,34,41)(H,39,40)/t23-,25?/m0/s1. The second-order valence-corrected chi connectivity index (χ2v) is 12.0. The van der Waals surface area contributed by atoms with E-state index in [1.165, 1.54) is 15.9 Å². The molecule has 2 N–H and O–H groups in total. The molecule has 1 aromatic carbocycles. The smallest absolute Gasteiger partial charge is 0.409 e. The first kappa shape index (κ1) is 32.7. The van der Waals surface area contributed by atoms with E-state index in [1.54, 1.807) is 42.5 Å². The number of aromatic nitrogens is 1. The molecule has 2 fully saturated rings. The minimum Gasteiger partial charge on any atom is -0.483 e. The van der Waals surface area contributed by atoms with Gasteiger partial charge in [-0.05, 0) is 49.8 Å². The number of amides is 4. The molecular formula is C32H37N5O8S. The molecule has 2 aliphatic rings. The molecule has 3 aromatic rings. The number of carboxylic acid groups (broad SMARTS) is 1. The number of rotatable bonds is 11. The summed E-state index contributed by atoms with van der Waals surface area (Å²) in [5.41, 5.74) is 0.415.